The molecule has 0 aliphatic carbocycles. The molecule has 2 rings (SSSR count). The smallest absolute Gasteiger partial charge is 0.246 e. The van der Waals surface area contributed by atoms with E-state index in [9.17, 15) is 9.18 Å². The fourth-order valence-corrected chi connectivity index (χ4v) is 2.40. The van der Waals surface area contributed by atoms with Crippen molar-refractivity contribution in [3.05, 3.63) is 57.4 Å². The molecule has 2 aromatic carbocycles. The second-order valence-electron chi connectivity index (χ2n) is 4.85. The summed E-state index contributed by atoms with van der Waals surface area (Å²) < 4.78 is 14.8. The van der Waals surface area contributed by atoms with Crippen LogP contribution in [0.1, 0.15) is 12.5 Å². The second-order valence-corrected chi connectivity index (χ2v) is 6.09. The van der Waals surface area contributed by atoms with Gasteiger partial charge in [-0.1, -0.05) is 12.1 Å². The number of amides is 1. The summed E-state index contributed by atoms with van der Waals surface area (Å²) in [5.41, 5.74) is 1.87. The van der Waals surface area contributed by atoms with E-state index in [1.54, 1.807) is 26.0 Å². The van der Waals surface area contributed by atoms with Gasteiger partial charge < -0.3 is 10.6 Å². The van der Waals surface area contributed by atoms with Gasteiger partial charge >= 0.3 is 0 Å². The summed E-state index contributed by atoms with van der Waals surface area (Å²) in [7, 11) is 0. The molecular formula is C16H16FIN2O. The van der Waals surface area contributed by atoms with Gasteiger partial charge in [0.2, 0.25) is 5.91 Å². The Morgan fingerprint density at radius 3 is 2.67 bits per heavy atom. The molecule has 5 heteroatoms. The number of carbonyl (C=O) groups is 1. The van der Waals surface area contributed by atoms with Crippen molar-refractivity contribution < 1.29 is 9.18 Å². The highest BCUT2D eigenvalue weighted by atomic mass is 127. The molecule has 2 N–H and O–H groups in total. The Morgan fingerprint density at radius 1 is 1.24 bits per heavy atom. The van der Waals surface area contributed by atoms with Crippen LogP contribution in [0.3, 0.4) is 0 Å². The molecule has 0 saturated heterocycles. The van der Waals surface area contributed by atoms with Crippen molar-refractivity contribution in [1.82, 2.24) is 0 Å². The number of carbonyl (C=O) groups excluding carboxylic acids is 1. The maximum Gasteiger partial charge on any atom is 0.246 e. The molecular weight excluding hydrogens is 382 g/mol. The van der Waals surface area contributed by atoms with E-state index in [4.69, 9.17) is 0 Å². The molecule has 1 unspecified atom stereocenters. The zero-order valence-electron chi connectivity index (χ0n) is 11.8. The van der Waals surface area contributed by atoms with E-state index in [0.29, 0.717) is 0 Å². The summed E-state index contributed by atoms with van der Waals surface area (Å²) >= 11 is 2.21. The van der Waals surface area contributed by atoms with E-state index in [-0.39, 0.29) is 11.6 Å². The molecule has 0 spiro atoms. The quantitative estimate of drug-likeness (QED) is 0.759. The first-order chi connectivity index (χ1) is 9.95. The highest BCUT2D eigenvalue weighted by Gasteiger charge is 2.14. The first kappa shape index (κ1) is 15.8. The van der Waals surface area contributed by atoms with Crippen LogP contribution in [0.4, 0.5) is 15.8 Å². The van der Waals surface area contributed by atoms with E-state index in [2.05, 4.69) is 33.2 Å². The molecule has 1 atom stereocenters. The Morgan fingerprint density at radius 2 is 2.00 bits per heavy atom. The minimum Gasteiger partial charge on any atom is -0.374 e. The van der Waals surface area contributed by atoms with Crippen molar-refractivity contribution in [3.63, 3.8) is 0 Å². The van der Waals surface area contributed by atoms with Gasteiger partial charge in [-0.2, -0.15) is 0 Å². The molecule has 0 saturated carbocycles. The fraction of sp³-hybridized carbons (Fsp3) is 0.188. The van der Waals surface area contributed by atoms with Gasteiger partial charge in [-0.25, -0.2) is 4.39 Å². The molecule has 0 aromatic heterocycles. The lowest BCUT2D eigenvalue weighted by molar-refractivity contribution is -0.116. The zero-order valence-corrected chi connectivity index (χ0v) is 13.9. The van der Waals surface area contributed by atoms with Crippen molar-refractivity contribution in [2.75, 3.05) is 10.6 Å². The van der Waals surface area contributed by atoms with E-state index in [1.807, 2.05) is 24.3 Å². The van der Waals surface area contributed by atoms with E-state index >= 15 is 0 Å². The van der Waals surface area contributed by atoms with Gasteiger partial charge in [0.05, 0.1) is 5.69 Å². The lowest BCUT2D eigenvalue weighted by Crippen LogP contribution is -2.32. The minimum absolute atomic E-state index is 0.196. The molecule has 21 heavy (non-hydrogen) atoms. The zero-order chi connectivity index (χ0) is 15.4. The van der Waals surface area contributed by atoms with Crippen LogP contribution in [0.15, 0.2) is 42.5 Å². The van der Waals surface area contributed by atoms with Crippen LogP contribution in [0.25, 0.3) is 0 Å². The van der Waals surface area contributed by atoms with Gasteiger partial charge in [-0.05, 0) is 72.3 Å². The normalized spacial score (nSPS) is 11.8. The summed E-state index contributed by atoms with van der Waals surface area (Å²) in [6.07, 6.45) is 0. The number of benzene rings is 2. The van der Waals surface area contributed by atoms with Crippen LogP contribution >= 0.6 is 22.6 Å². The van der Waals surface area contributed by atoms with Crippen LogP contribution in [0, 0.1) is 16.3 Å². The van der Waals surface area contributed by atoms with Crippen molar-refractivity contribution in [2.24, 2.45) is 0 Å². The van der Waals surface area contributed by atoms with Crippen molar-refractivity contribution in [2.45, 2.75) is 19.9 Å². The highest BCUT2D eigenvalue weighted by molar-refractivity contribution is 14.1. The minimum atomic E-state index is -0.469. The lowest BCUT2D eigenvalue weighted by atomic mass is 10.2. The molecule has 110 valence electrons. The molecule has 0 aliphatic rings. The van der Waals surface area contributed by atoms with Crippen molar-refractivity contribution >= 4 is 39.9 Å². The third-order valence-corrected chi connectivity index (χ3v) is 3.65. The number of rotatable bonds is 4. The van der Waals surface area contributed by atoms with Gasteiger partial charge in [-0.15, -0.1) is 0 Å². The molecule has 0 aliphatic heterocycles. The van der Waals surface area contributed by atoms with Crippen LogP contribution < -0.4 is 10.6 Å². The summed E-state index contributed by atoms with van der Waals surface area (Å²) in [5.74, 6) is -0.707. The van der Waals surface area contributed by atoms with E-state index in [0.717, 1.165) is 14.8 Å². The number of anilines is 2. The standard InChI is InChI=1S/C16H16FIN2O/c1-10-6-7-15(14(17)8-10)20-16(21)11(2)19-13-5-3-4-12(18)9-13/h3-9,11,19H,1-2H3,(H,20,21). The monoisotopic (exact) mass is 398 g/mol. The SMILES string of the molecule is Cc1ccc(NC(=O)C(C)Nc2cccc(I)c2)c(F)c1. The Balaban J connectivity index is 2.02. The van der Waals surface area contributed by atoms with Gasteiger partial charge in [-0.3, -0.25) is 4.79 Å². The number of hydrogen-bond acceptors (Lipinski definition) is 2. The molecule has 0 fully saturated rings. The van der Waals surface area contributed by atoms with Crippen LogP contribution in [0.5, 0.6) is 0 Å². The summed E-state index contributed by atoms with van der Waals surface area (Å²) in [4.78, 5) is 12.1. The molecule has 3 nitrogen and oxygen atoms in total. The molecule has 1 amide bonds. The first-order valence-electron chi connectivity index (χ1n) is 6.55. The Labute approximate surface area is 137 Å². The number of hydrogen-bond donors (Lipinski definition) is 2. The van der Waals surface area contributed by atoms with Gasteiger partial charge in [0.1, 0.15) is 11.9 Å². The van der Waals surface area contributed by atoms with Crippen molar-refractivity contribution in [1.29, 1.82) is 0 Å². The predicted molar refractivity (Wildman–Crippen MR) is 92.0 cm³/mol. The molecule has 2 aromatic rings. The van der Waals surface area contributed by atoms with E-state index < -0.39 is 11.9 Å². The van der Waals surface area contributed by atoms with E-state index in [1.165, 1.54) is 6.07 Å². The van der Waals surface area contributed by atoms with Crippen LogP contribution in [-0.2, 0) is 4.79 Å². The number of halogens is 2. The summed E-state index contributed by atoms with van der Waals surface area (Å²) in [5, 5.41) is 5.69. The lowest BCUT2D eigenvalue weighted by Gasteiger charge is -2.16. The van der Waals surface area contributed by atoms with Gasteiger partial charge in [0.15, 0.2) is 0 Å². The number of aryl methyl sites for hydroxylation is 1. The number of nitrogens with one attached hydrogen (secondary N) is 2. The topological polar surface area (TPSA) is 41.1 Å². The third-order valence-electron chi connectivity index (χ3n) is 2.98. The van der Waals surface area contributed by atoms with Crippen molar-refractivity contribution in [3.8, 4) is 0 Å². The van der Waals surface area contributed by atoms with Crippen LogP contribution in [0.2, 0.25) is 0 Å². The van der Waals surface area contributed by atoms with Gasteiger partial charge in [0, 0.05) is 9.26 Å². The maximum atomic E-state index is 13.7. The average Bonchev–Trinajstić information content (AvgIpc) is 2.41. The summed E-state index contributed by atoms with van der Waals surface area (Å²) in [6, 6.07) is 12.0. The second kappa shape index (κ2) is 6.89. The summed E-state index contributed by atoms with van der Waals surface area (Å²) in [6.45, 7) is 3.54. The molecule has 0 heterocycles. The van der Waals surface area contributed by atoms with Crippen LogP contribution in [-0.4, -0.2) is 11.9 Å². The maximum absolute atomic E-state index is 13.7. The Hall–Kier alpha value is -1.63. The average molecular weight is 398 g/mol. The fourth-order valence-electron chi connectivity index (χ4n) is 1.86. The molecule has 0 bridgehead atoms. The Kier molecular flexibility index (Phi) is 5.17. The first-order valence-corrected chi connectivity index (χ1v) is 7.62. The van der Waals surface area contributed by atoms with Gasteiger partial charge in [0.25, 0.3) is 0 Å². The largest absolute Gasteiger partial charge is 0.374 e. The molecule has 0 radical (unpaired) electrons. The highest BCUT2D eigenvalue weighted by Crippen LogP contribution is 2.17. The predicted octanol–water partition coefficient (Wildman–Crippen LogP) is 4.18. The Bertz CT molecular complexity index is 660. The third kappa shape index (κ3) is 4.42.